The SMILES string of the molecule is COc1cc2c(=O)[nH]c(-c3ccc4c(c3)OCO4)nc2cc1OCc1cn(-c2ccc(F)cc2)nn1. The average molecular weight is 487 g/mol. The summed E-state index contributed by atoms with van der Waals surface area (Å²) in [5.74, 6) is 2.03. The molecule has 0 amide bonds. The van der Waals surface area contributed by atoms with Crippen LogP contribution in [-0.2, 0) is 6.61 Å². The summed E-state index contributed by atoms with van der Waals surface area (Å²) >= 11 is 0. The van der Waals surface area contributed by atoms with E-state index in [1.165, 1.54) is 23.9 Å². The van der Waals surface area contributed by atoms with Crippen LogP contribution in [0.25, 0.3) is 28.0 Å². The van der Waals surface area contributed by atoms with Crippen LogP contribution in [0.5, 0.6) is 23.0 Å². The highest BCUT2D eigenvalue weighted by Gasteiger charge is 2.17. The van der Waals surface area contributed by atoms with Crippen molar-refractivity contribution in [3.63, 3.8) is 0 Å². The van der Waals surface area contributed by atoms with Crippen LogP contribution in [0.1, 0.15) is 5.69 Å². The van der Waals surface area contributed by atoms with Crippen molar-refractivity contribution in [2.45, 2.75) is 6.61 Å². The van der Waals surface area contributed by atoms with Gasteiger partial charge in [-0.2, -0.15) is 0 Å². The van der Waals surface area contributed by atoms with Gasteiger partial charge in [0.25, 0.3) is 5.56 Å². The minimum absolute atomic E-state index is 0.0846. The lowest BCUT2D eigenvalue weighted by Crippen LogP contribution is -2.10. The molecular weight excluding hydrogens is 469 g/mol. The summed E-state index contributed by atoms with van der Waals surface area (Å²) < 4.78 is 36.9. The van der Waals surface area contributed by atoms with Crippen LogP contribution in [0.15, 0.2) is 65.6 Å². The molecule has 3 heterocycles. The van der Waals surface area contributed by atoms with E-state index in [0.29, 0.717) is 56.7 Å². The van der Waals surface area contributed by atoms with E-state index < -0.39 is 0 Å². The van der Waals surface area contributed by atoms with Gasteiger partial charge in [-0.05, 0) is 48.5 Å². The summed E-state index contributed by atoms with van der Waals surface area (Å²) in [4.78, 5) is 20.3. The maximum atomic E-state index is 13.2. The first-order valence-corrected chi connectivity index (χ1v) is 10.9. The number of ether oxygens (including phenoxy) is 4. The molecule has 2 aromatic heterocycles. The molecule has 6 rings (SSSR count). The van der Waals surface area contributed by atoms with Gasteiger partial charge in [0, 0.05) is 11.6 Å². The van der Waals surface area contributed by atoms with E-state index in [1.54, 1.807) is 48.7 Å². The zero-order valence-electron chi connectivity index (χ0n) is 18.9. The van der Waals surface area contributed by atoms with Crippen molar-refractivity contribution < 1.29 is 23.3 Å². The highest BCUT2D eigenvalue weighted by atomic mass is 19.1. The molecule has 0 atom stereocenters. The number of fused-ring (bicyclic) bond motifs is 2. The number of aromatic amines is 1. The van der Waals surface area contributed by atoms with Crippen molar-refractivity contribution in [1.82, 2.24) is 25.0 Å². The third-order valence-electron chi connectivity index (χ3n) is 5.64. The molecule has 0 aliphatic carbocycles. The third-order valence-corrected chi connectivity index (χ3v) is 5.64. The summed E-state index contributed by atoms with van der Waals surface area (Å²) in [6.45, 7) is 0.236. The van der Waals surface area contributed by atoms with Crippen LogP contribution in [0.3, 0.4) is 0 Å². The highest BCUT2D eigenvalue weighted by molar-refractivity contribution is 5.83. The molecule has 0 fully saturated rings. The van der Waals surface area contributed by atoms with Crippen LogP contribution in [0.2, 0.25) is 0 Å². The van der Waals surface area contributed by atoms with Gasteiger partial charge in [-0.3, -0.25) is 4.79 Å². The summed E-state index contributed by atoms with van der Waals surface area (Å²) in [6, 6.07) is 14.4. The fourth-order valence-corrected chi connectivity index (χ4v) is 3.84. The Labute approximate surface area is 202 Å². The van der Waals surface area contributed by atoms with Gasteiger partial charge in [0.05, 0.1) is 29.9 Å². The zero-order chi connectivity index (χ0) is 24.6. The van der Waals surface area contributed by atoms with Gasteiger partial charge >= 0.3 is 0 Å². The molecule has 1 N–H and O–H groups in total. The largest absolute Gasteiger partial charge is 0.493 e. The molecule has 1 aliphatic rings. The van der Waals surface area contributed by atoms with Crippen molar-refractivity contribution in [3.05, 3.63) is 82.7 Å². The van der Waals surface area contributed by atoms with Crippen molar-refractivity contribution in [2.24, 2.45) is 0 Å². The normalized spacial score (nSPS) is 12.2. The fraction of sp³-hybridized carbons (Fsp3) is 0.120. The third kappa shape index (κ3) is 3.96. The van der Waals surface area contributed by atoms with Gasteiger partial charge in [0.15, 0.2) is 23.0 Å². The van der Waals surface area contributed by atoms with E-state index in [9.17, 15) is 9.18 Å². The van der Waals surface area contributed by atoms with Gasteiger partial charge in [0.2, 0.25) is 6.79 Å². The Morgan fingerprint density at radius 2 is 1.89 bits per heavy atom. The lowest BCUT2D eigenvalue weighted by molar-refractivity contribution is 0.174. The molecule has 5 aromatic rings. The summed E-state index contributed by atoms with van der Waals surface area (Å²) in [5.41, 5.74) is 1.99. The number of rotatable bonds is 6. The molecule has 1 aliphatic heterocycles. The Kier molecular flexibility index (Phi) is 5.21. The summed E-state index contributed by atoms with van der Waals surface area (Å²) in [5, 5.41) is 8.52. The predicted octanol–water partition coefficient (Wildman–Crippen LogP) is 3.63. The van der Waals surface area contributed by atoms with Gasteiger partial charge < -0.3 is 23.9 Å². The molecule has 0 saturated carbocycles. The van der Waals surface area contributed by atoms with E-state index in [-0.39, 0.29) is 24.8 Å². The first kappa shape index (κ1) is 21.6. The van der Waals surface area contributed by atoms with Crippen LogP contribution in [-0.4, -0.2) is 38.9 Å². The number of aromatic nitrogens is 5. The van der Waals surface area contributed by atoms with Crippen molar-refractivity contribution >= 4 is 10.9 Å². The Morgan fingerprint density at radius 1 is 1.06 bits per heavy atom. The molecule has 36 heavy (non-hydrogen) atoms. The number of nitrogens with zero attached hydrogens (tertiary/aromatic N) is 4. The molecule has 0 spiro atoms. The number of halogens is 1. The first-order chi connectivity index (χ1) is 17.6. The maximum absolute atomic E-state index is 13.2. The summed E-state index contributed by atoms with van der Waals surface area (Å²) in [6.07, 6.45) is 1.68. The Morgan fingerprint density at radius 3 is 2.72 bits per heavy atom. The molecule has 0 radical (unpaired) electrons. The van der Waals surface area contributed by atoms with E-state index >= 15 is 0 Å². The monoisotopic (exact) mass is 487 g/mol. The topological polar surface area (TPSA) is 113 Å². The van der Waals surface area contributed by atoms with Crippen LogP contribution < -0.4 is 24.5 Å². The second-order valence-electron chi connectivity index (χ2n) is 7.92. The smallest absolute Gasteiger partial charge is 0.259 e. The fourth-order valence-electron chi connectivity index (χ4n) is 3.84. The Bertz CT molecular complexity index is 1650. The quantitative estimate of drug-likeness (QED) is 0.386. The van der Waals surface area contributed by atoms with E-state index in [2.05, 4.69) is 20.3 Å². The molecule has 180 valence electrons. The number of H-pyrrole nitrogens is 1. The average Bonchev–Trinajstić information content (AvgIpc) is 3.56. The molecular formula is C25H18FN5O5. The van der Waals surface area contributed by atoms with Crippen LogP contribution in [0, 0.1) is 5.82 Å². The number of benzene rings is 3. The molecule has 0 bridgehead atoms. The molecule has 3 aromatic carbocycles. The molecule has 0 unspecified atom stereocenters. The number of nitrogens with one attached hydrogen (secondary N) is 1. The van der Waals surface area contributed by atoms with Crippen molar-refractivity contribution in [3.8, 4) is 40.1 Å². The van der Waals surface area contributed by atoms with Gasteiger partial charge in [-0.15, -0.1) is 5.10 Å². The minimum Gasteiger partial charge on any atom is -0.493 e. The van der Waals surface area contributed by atoms with E-state index in [0.717, 1.165) is 0 Å². The number of hydrogen-bond acceptors (Lipinski definition) is 8. The molecule has 0 saturated heterocycles. The Hall–Kier alpha value is -4.93. The number of hydrogen-bond donors (Lipinski definition) is 1. The standard InChI is InChI=1S/C25H18FN5O5/c1-33-21-9-18-19(27-24(28-25(18)32)14-2-7-20-22(8-14)36-13-35-20)10-23(21)34-12-16-11-31(30-29-16)17-5-3-15(26)4-6-17/h2-11H,12-13H2,1H3,(H,27,28,32). The Balaban J connectivity index is 1.30. The molecule has 11 heteroatoms. The first-order valence-electron chi connectivity index (χ1n) is 10.9. The van der Waals surface area contributed by atoms with Gasteiger partial charge in [-0.1, -0.05) is 5.21 Å². The van der Waals surface area contributed by atoms with Crippen molar-refractivity contribution in [2.75, 3.05) is 13.9 Å². The minimum atomic E-state index is -0.333. The van der Waals surface area contributed by atoms with Crippen molar-refractivity contribution in [1.29, 1.82) is 0 Å². The second kappa shape index (κ2) is 8.69. The van der Waals surface area contributed by atoms with Crippen LogP contribution >= 0.6 is 0 Å². The highest BCUT2D eigenvalue weighted by Crippen LogP contribution is 2.36. The number of methoxy groups -OCH3 is 1. The summed E-state index contributed by atoms with van der Waals surface area (Å²) in [7, 11) is 1.49. The van der Waals surface area contributed by atoms with E-state index in [4.69, 9.17) is 18.9 Å². The van der Waals surface area contributed by atoms with E-state index in [1.807, 2.05) is 0 Å². The lowest BCUT2D eigenvalue weighted by atomic mass is 10.1. The van der Waals surface area contributed by atoms with Crippen LogP contribution in [0.4, 0.5) is 4.39 Å². The zero-order valence-corrected chi connectivity index (χ0v) is 18.9. The second-order valence-corrected chi connectivity index (χ2v) is 7.92. The maximum Gasteiger partial charge on any atom is 0.259 e. The van der Waals surface area contributed by atoms with Gasteiger partial charge in [-0.25, -0.2) is 14.1 Å². The predicted molar refractivity (Wildman–Crippen MR) is 126 cm³/mol. The van der Waals surface area contributed by atoms with Gasteiger partial charge in [0.1, 0.15) is 23.9 Å². The lowest BCUT2D eigenvalue weighted by Gasteiger charge is -2.11. The molecule has 10 nitrogen and oxygen atoms in total.